The first kappa shape index (κ1) is 13.3. The van der Waals surface area contributed by atoms with E-state index in [2.05, 4.69) is 10.2 Å². The van der Waals surface area contributed by atoms with Gasteiger partial charge in [-0.2, -0.15) is 15.0 Å². The maximum Gasteiger partial charge on any atom is 0.118 e. The van der Waals surface area contributed by atoms with Gasteiger partial charge in [0.1, 0.15) is 11.4 Å². The van der Waals surface area contributed by atoms with Crippen LogP contribution in [0.25, 0.3) is 5.69 Å². The zero-order valence-corrected chi connectivity index (χ0v) is 11.7. The van der Waals surface area contributed by atoms with Crippen molar-refractivity contribution >= 4 is 0 Å². The molecule has 0 spiro atoms. The molecule has 1 unspecified atom stereocenters. The minimum absolute atomic E-state index is 0.312. The van der Waals surface area contributed by atoms with Crippen LogP contribution in [0.15, 0.2) is 60.8 Å². The molecule has 3 aromatic rings. The molecule has 5 heteroatoms. The van der Waals surface area contributed by atoms with Gasteiger partial charge < -0.3 is 10.5 Å². The Kier molecular flexibility index (Phi) is 3.66. The molecule has 106 valence electrons. The van der Waals surface area contributed by atoms with Crippen LogP contribution in [0.2, 0.25) is 0 Å². The number of hydrogen-bond donors (Lipinski definition) is 1. The maximum atomic E-state index is 6.24. The molecule has 0 amide bonds. The number of para-hydroxylation sites is 1. The highest BCUT2D eigenvalue weighted by Gasteiger charge is 2.13. The van der Waals surface area contributed by atoms with Crippen molar-refractivity contribution in [2.45, 2.75) is 6.04 Å². The lowest BCUT2D eigenvalue weighted by Crippen LogP contribution is -2.13. The van der Waals surface area contributed by atoms with E-state index >= 15 is 0 Å². The largest absolute Gasteiger partial charge is 0.497 e. The first-order valence-corrected chi connectivity index (χ1v) is 6.65. The summed E-state index contributed by atoms with van der Waals surface area (Å²) in [4.78, 5) is 1.58. The Hall–Kier alpha value is -2.66. The highest BCUT2D eigenvalue weighted by atomic mass is 16.5. The highest BCUT2D eigenvalue weighted by Crippen LogP contribution is 2.20. The molecule has 0 aliphatic carbocycles. The quantitative estimate of drug-likeness (QED) is 0.796. The van der Waals surface area contributed by atoms with E-state index < -0.39 is 0 Å². The number of aromatic nitrogens is 3. The van der Waals surface area contributed by atoms with E-state index in [1.165, 1.54) is 0 Å². The fraction of sp³-hybridized carbons (Fsp3) is 0.125. The van der Waals surface area contributed by atoms with Crippen molar-refractivity contribution in [1.29, 1.82) is 0 Å². The number of methoxy groups -OCH3 is 1. The van der Waals surface area contributed by atoms with E-state index in [1.54, 1.807) is 18.1 Å². The van der Waals surface area contributed by atoms with Crippen molar-refractivity contribution in [3.63, 3.8) is 0 Å². The van der Waals surface area contributed by atoms with Crippen molar-refractivity contribution < 1.29 is 4.74 Å². The van der Waals surface area contributed by atoms with E-state index in [4.69, 9.17) is 10.5 Å². The second-order valence-electron chi connectivity index (χ2n) is 4.65. The maximum absolute atomic E-state index is 6.24. The van der Waals surface area contributed by atoms with Crippen molar-refractivity contribution in [1.82, 2.24) is 15.0 Å². The molecule has 1 atom stereocenters. The Morgan fingerprint density at radius 3 is 2.43 bits per heavy atom. The minimum Gasteiger partial charge on any atom is -0.497 e. The van der Waals surface area contributed by atoms with Crippen molar-refractivity contribution in [3.05, 3.63) is 72.1 Å². The van der Waals surface area contributed by atoms with Crippen molar-refractivity contribution in [2.24, 2.45) is 5.73 Å². The summed E-state index contributed by atoms with van der Waals surface area (Å²) in [6, 6.07) is 17.1. The second kappa shape index (κ2) is 5.76. The van der Waals surface area contributed by atoms with Gasteiger partial charge in [0.05, 0.1) is 25.0 Å². The van der Waals surface area contributed by atoms with E-state index in [0.29, 0.717) is 0 Å². The van der Waals surface area contributed by atoms with E-state index in [0.717, 1.165) is 22.7 Å². The normalized spacial score (nSPS) is 12.1. The van der Waals surface area contributed by atoms with Gasteiger partial charge in [0, 0.05) is 0 Å². The average molecular weight is 280 g/mol. The standard InChI is InChI=1S/C16H16N4O/c1-21-14-9-7-12(8-10-14)16(17)15-11-18-20(19-15)13-5-3-2-4-6-13/h2-11,16H,17H2,1H3. The Balaban J connectivity index is 1.85. The van der Waals surface area contributed by atoms with E-state index in [1.807, 2.05) is 54.6 Å². The van der Waals surface area contributed by atoms with Gasteiger partial charge in [-0.3, -0.25) is 0 Å². The van der Waals surface area contributed by atoms with Gasteiger partial charge in [-0.25, -0.2) is 0 Å². The summed E-state index contributed by atoms with van der Waals surface area (Å²) in [5, 5.41) is 8.72. The molecule has 0 bridgehead atoms. The van der Waals surface area contributed by atoms with Crippen molar-refractivity contribution in [2.75, 3.05) is 7.11 Å². The molecule has 0 saturated heterocycles. The molecule has 0 aliphatic rings. The van der Waals surface area contributed by atoms with Crippen LogP contribution in [0.4, 0.5) is 0 Å². The molecular formula is C16H16N4O. The van der Waals surface area contributed by atoms with Crippen LogP contribution in [-0.4, -0.2) is 22.1 Å². The van der Waals surface area contributed by atoms with Crippen LogP contribution in [-0.2, 0) is 0 Å². The number of nitrogens with two attached hydrogens (primary N) is 1. The van der Waals surface area contributed by atoms with E-state index in [9.17, 15) is 0 Å². The van der Waals surface area contributed by atoms with Crippen LogP contribution in [0.1, 0.15) is 17.3 Å². The van der Waals surface area contributed by atoms with Crippen LogP contribution < -0.4 is 10.5 Å². The molecule has 1 heterocycles. The zero-order valence-electron chi connectivity index (χ0n) is 11.7. The van der Waals surface area contributed by atoms with Gasteiger partial charge in [0.2, 0.25) is 0 Å². The van der Waals surface area contributed by atoms with Crippen LogP contribution in [0.3, 0.4) is 0 Å². The second-order valence-corrected chi connectivity index (χ2v) is 4.65. The molecule has 0 aliphatic heterocycles. The van der Waals surface area contributed by atoms with E-state index in [-0.39, 0.29) is 6.04 Å². The zero-order chi connectivity index (χ0) is 14.7. The summed E-state index contributed by atoms with van der Waals surface area (Å²) in [7, 11) is 1.64. The third kappa shape index (κ3) is 2.78. The van der Waals surface area contributed by atoms with Gasteiger partial charge in [0.25, 0.3) is 0 Å². The number of hydrogen-bond acceptors (Lipinski definition) is 4. The number of nitrogens with zero attached hydrogens (tertiary/aromatic N) is 3. The van der Waals surface area contributed by atoms with Crippen LogP contribution in [0, 0.1) is 0 Å². The number of rotatable bonds is 4. The summed E-state index contributed by atoms with van der Waals surface area (Å²) < 4.78 is 5.14. The molecule has 0 radical (unpaired) electrons. The van der Waals surface area contributed by atoms with Crippen molar-refractivity contribution in [3.8, 4) is 11.4 Å². The predicted octanol–water partition coefficient (Wildman–Crippen LogP) is 2.32. The van der Waals surface area contributed by atoms with Gasteiger partial charge in [-0.05, 0) is 29.8 Å². The van der Waals surface area contributed by atoms with Crippen LogP contribution >= 0.6 is 0 Å². The topological polar surface area (TPSA) is 66.0 Å². The summed E-state index contributed by atoms with van der Waals surface area (Å²) in [6.07, 6.45) is 1.70. The SMILES string of the molecule is COc1ccc(C(N)c2cnn(-c3ccccc3)n2)cc1. The van der Waals surface area contributed by atoms with Gasteiger partial charge in [-0.15, -0.1) is 0 Å². The fourth-order valence-corrected chi connectivity index (χ4v) is 2.09. The summed E-state index contributed by atoms with van der Waals surface area (Å²) >= 11 is 0. The molecule has 0 fully saturated rings. The summed E-state index contributed by atoms with van der Waals surface area (Å²) in [5.41, 5.74) is 8.85. The Labute approximate surface area is 123 Å². The van der Waals surface area contributed by atoms with Crippen LogP contribution in [0.5, 0.6) is 5.75 Å². The Morgan fingerprint density at radius 1 is 1.05 bits per heavy atom. The third-order valence-electron chi connectivity index (χ3n) is 3.29. The average Bonchev–Trinajstić information content (AvgIpc) is 3.05. The minimum atomic E-state index is -0.312. The first-order chi connectivity index (χ1) is 10.3. The Bertz CT molecular complexity index is 707. The Morgan fingerprint density at radius 2 is 1.76 bits per heavy atom. The molecule has 2 aromatic carbocycles. The summed E-state index contributed by atoms with van der Waals surface area (Å²) in [6.45, 7) is 0. The molecule has 0 saturated carbocycles. The third-order valence-corrected chi connectivity index (χ3v) is 3.29. The van der Waals surface area contributed by atoms with Gasteiger partial charge >= 0.3 is 0 Å². The number of benzene rings is 2. The first-order valence-electron chi connectivity index (χ1n) is 6.65. The lowest BCUT2D eigenvalue weighted by atomic mass is 10.1. The van der Waals surface area contributed by atoms with Gasteiger partial charge in [-0.1, -0.05) is 30.3 Å². The smallest absolute Gasteiger partial charge is 0.118 e. The van der Waals surface area contributed by atoms with Gasteiger partial charge in [0.15, 0.2) is 0 Å². The molecular weight excluding hydrogens is 264 g/mol. The monoisotopic (exact) mass is 280 g/mol. The molecule has 5 nitrogen and oxygen atoms in total. The number of ether oxygens (including phenoxy) is 1. The lowest BCUT2D eigenvalue weighted by Gasteiger charge is -2.09. The molecule has 2 N–H and O–H groups in total. The fourth-order valence-electron chi connectivity index (χ4n) is 2.09. The predicted molar refractivity (Wildman–Crippen MR) is 80.4 cm³/mol. The molecule has 1 aromatic heterocycles. The molecule has 3 rings (SSSR count). The lowest BCUT2D eigenvalue weighted by molar-refractivity contribution is 0.414. The highest BCUT2D eigenvalue weighted by molar-refractivity contribution is 5.33. The molecule has 21 heavy (non-hydrogen) atoms. The summed E-state index contributed by atoms with van der Waals surface area (Å²) in [5.74, 6) is 0.805.